The van der Waals surface area contributed by atoms with E-state index in [9.17, 15) is 18.3 Å². The molecule has 0 spiro atoms. The van der Waals surface area contributed by atoms with Gasteiger partial charge in [0, 0.05) is 0 Å². The van der Waals surface area contributed by atoms with Gasteiger partial charge in [-0.25, -0.2) is 0 Å². The zero-order valence-electron chi connectivity index (χ0n) is 7.47. The maximum Gasteiger partial charge on any atom is 0.406 e. The van der Waals surface area contributed by atoms with Crippen molar-refractivity contribution in [2.24, 2.45) is 0 Å². The third kappa shape index (κ3) is 1.62. The van der Waals surface area contributed by atoms with Gasteiger partial charge in [-0.15, -0.1) is 0 Å². The van der Waals surface area contributed by atoms with E-state index in [1.165, 1.54) is 0 Å². The molecule has 2 atom stereocenters. The van der Waals surface area contributed by atoms with Gasteiger partial charge in [-0.1, -0.05) is 0 Å². The van der Waals surface area contributed by atoms with Gasteiger partial charge in [-0.3, -0.25) is 5.32 Å². The Kier molecular flexibility index (Phi) is 2.24. The summed E-state index contributed by atoms with van der Waals surface area (Å²) in [5.41, 5.74) is -1.76. The van der Waals surface area contributed by atoms with Gasteiger partial charge < -0.3 is 9.84 Å². The molecule has 6 heteroatoms. The van der Waals surface area contributed by atoms with E-state index in [0.29, 0.717) is 0 Å². The van der Waals surface area contributed by atoms with Crippen molar-refractivity contribution in [1.29, 1.82) is 0 Å². The van der Waals surface area contributed by atoms with Crippen LogP contribution >= 0.6 is 0 Å². The lowest BCUT2D eigenvalue weighted by Gasteiger charge is -2.25. The zero-order valence-corrected chi connectivity index (χ0v) is 7.47. The van der Waals surface area contributed by atoms with Crippen LogP contribution in [0, 0.1) is 0 Å². The number of aliphatic hydroxyl groups is 1. The van der Waals surface area contributed by atoms with E-state index in [-0.39, 0.29) is 26.1 Å². The monoisotopic (exact) mass is 211 g/mol. The van der Waals surface area contributed by atoms with Crippen molar-refractivity contribution in [3.05, 3.63) is 0 Å². The lowest BCUT2D eigenvalue weighted by Crippen LogP contribution is -2.53. The van der Waals surface area contributed by atoms with Crippen LogP contribution in [0.15, 0.2) is 0 Å². The number of halogens is 3. The van der Waals surface area contributed by atoms with Crippen molar-refractivity contribution in [3.63, 3.8) is 0 Å². The van der Waals surface area contributed by atoms with Gasteiger partial charge in [0.25, 0.3) is 0 Å². The van der Waals surface area contributed by atoms with E-state index in [4.69, 9.17) is 4.74 Å². The van der Waals surface area contributed by atoms with Gasteiger partial charge in [0.15, 0.2) is 0 Å². The van der Waals surface area contributed by atoms with E-state index < -0.39 is 23.9 Å². The maximum absolute atomic E-state index is 12.5. The molecule has 0 aromatic rings. The molecule has 1 aliphatic heterocycles. The Morgan fingerprint density at radius 2 is 1.93 bits per heavy atom. The van der Waals surface area contributed by atoms with Crippen LogP contribution in [0.4, 0.5) is 13.2 Å². The van der Waals surface area contributed by atoms with E-state index >= 15 is 0 Å². The molecule has 2 aliphatic rings. The Balaban J connectivity index is 1.97. The molecule has 2 N–H and O–H groups in total. The van der Waals surface area contributed by atoms with Crippen LogP contribution in [0.2, 0.25) is 0 Å². The summed E-state index contributed by atoms with van der Waals surface area (Å²) in [5.74, 6) is 0. The molecule has 2 unspecified atom stereocenters. The van der Waals surface area contributed by atoms with Gasteiger partial charge in [-0.05, 0) is 12.8 Å². The molecule has 3 nitrogen and oxygen atoms in total. The molecule has 14 heavy (non-hydrogen) atoms. The molecule has 0 radical (unpaired) electrons. The highest BCUT2D eigenvalue weighted by Crippen LogP contribution is 2.49. The van der Waals surface area contributed by atoms with Crippen molar-refractivity contribution in [2.45, 2.75) is 36.7 Å². The lowest BCUT2D eigenvalue weighted by atomic mass is 10.1. The Bertz CT molecular complexity index is 227. The van der Waals surface area contributed by atoms with Crippen molar-refractivity contribution < 1.29 is 23.0 Å². The highest BCUT2D eigenvalue weighted by molar-refractivity contribution is 5.10. The van der Waals surface area contributed by atoms with Crippen molar-refractivity contribution in [3.8, 4) is 0 Å². The first-order valence-corrected chi connectivity index (χ1v) is 4.55. The van der Waals surface area contributed by atoms with E-state index in [0.717, 1.165) is 0 Å². The molecule has 1 heterocycles. The lowest BCUT2D eigenvalue weighted by molar-refractivity contribution is -0.169. The van der Waals surface area contributed by atoms with Gasteiger partial charge >= 0.3 is 6.18 Å². The van der Waals surface area contributed by atoms with Gasteiger partial charge in [0.1, 0.15) is 5.54 Å². The van der Waals surface area contributed by atoms with Crippen LogP contribution in [0.5, 0.6) is 0 Å². The maximum atomic E-state index is 12.5. The summed E-state index contributed by atoms with van der Waals surface area (Å²) >= 11 is 0. The first-order chi connectivity index (χ1) is 6.45. The smallest absolute Gasteiger partial charge is 0.389 e. The standard InChI is InChI=1S/C8H12F3NO2/c9-8(10,11)7(1-2-7)12-5-3-14-4-6(5)13/h5-6,12-13H,1-4H2. The number of hydrogen-bond donors (Lipinski definition) is 2. The minimum atomic E-state index is -4.23. The summed E-state index contributed by atoms with van der Waals surface area (Å²) in [5, 5.41) is 11.7. The molecule has 82 valence electrons. The molecule has 1 saturated heterocycles. The number of aliphatic hydroxyl groups excluding tert-OH is 1. The fourth-order valence-corrected chi connectivity index (χ4v) is 1.67. The topological polar surface area (TPSA) is 41.5 Å². The van der Waals surface area contributed by atoms with Crippen LogP contribution in [0.25, 0.3) is 0 Å². The Labute approximate surface area is 79.2 Å². The molecule has 0 aromatic heterocycles. The van der Waals surface area contributed by atoms with Crippen molar-refractivity contribution >= 4 is 0 Å². The number of rotatable bonds is 2. The van der Waals surface area contributed by atoms with Gasteiger partial charge in [0.2, 0.25) is 0 Å². The highest BCUT2D eigenvalue weighted by Gasteiger charge is 2.64. The largest absolute Gasteiger partial charge is 0.406 e. The second kappa shape index (κ2) is 3.08. The predicted molar refractivity (Wildman–Crippen MR) is 41.8 cm³/mol. The van der Waals surface area contributed by atoms with Crippen LogP contribution in [0.3, 0.4) is 0 Å². The molecule has 0 bridgehead atoms. The predicted octanol–water partition coefficient (Wildman–Crippen LogP) is 0.431. The average Bonchev–Trinajstić information content (AvgIpc) is 2.73. The first kappa shape index (κ1) is 10.2. The highest BCUT2D eigenvalue weighted by atomic mass is 19.4. The molecule has 1 saturated carbocycles. The first-order valence-electron chi connectivity index (χ1n) is 4.55. The second-order valence-electron chi connectivity index (χ2n) is 3.94. The Morgan fingerprint density at radius 3 is 2.29 bits per heavy atom. The number of ether oxygens (including phenoxy) is 1. The summed E-state index contributed by atoms with van der Waals surface area (Å²) in [6, 6.07) is -0.584. The van der Waals surface area contributed by atoms with Crippen LogP contribution in [-0.2, 0) is 4.74 Å². The third-order valence-electron chi connectivity index (χ3n) is 2.80. The summed E-state index contributed by atoms with van der Waals surface area (Å²) in [7, 11) is 0. The number of hydrogen-bond acceptors (Lipinski definition) is 3. The summed E-state index contributed by atoms with van der Waals surface area (Å²) in [6.07, 6.45) is -4.86. The van der Waals surface area contributed by atoms with Crippen molar-refractivity contribution in [1.82, 2.24) is 5.32 Å². The van der Waals surface area contributed by atoms with E-state index in [2.05, 4.69) is 5.32 Å². The fraction of sp³-hybridized carbons (Fsp3) is 1.00. The second-order valence-corrected chi connectivity index (χ2v) is 3.94. The minimum absolute atomic E-state index is 0.0969. The van der Waals surface area contributed by atoms with Crippen LogP contribution < -0.4 is 5.32 Å². The fourth-order valence-electron chi connectivity index (χ4n) is 1.67. The molecule has 0 amide bonds. The average molecular weight is 211 g/mol. The minimum Gasteiger partial charge on any atom is -0.389 e. The van der Waals surface area contributed by atoms with Crippen molar-refractivity contribution in [2.75, 3.05) is 13.2 Å². The van der Waals surface area contributed by atoms with Gasteiger partial charge in [0.05, 0.1) is 25.4 Å². The third-order valence-corrected chi connectivity index (χ3v) is 2.80. The summed E-state index contributed by atoms with van der Waals surface area (Å²) in [4.78, 5) is 0. The van der Waals surface area contributed by atoms with Crippen LogP contribution in [-0.4, -0.2) is 42.2 Å². The van der Waals surface area contributed by atoms with E-state index in [1.54, 1.807) is 0 Å². The molecule has 1 aliphatic carbocycles. The Morgan fingerprint density at radius 1 is 1.29 bits per heavy atom. The van der Waals surface area contributed by atoms with E-state index in [1.807, 2.05) is 0 Å². The van der Waals surface area contributed by atoms with Gasteiger partial charge in [-0.2, -0.15) is 13.2 Å². The van der Waals surface area contributed by atoms with Crippen LogP contribution in [0.1, 0.15) is 12.8 Å². The zero-order chi connectivity index (χ0) is 10.4. The molecule has 2 fully saturated rings. The normalized spacial score (nSPS) is 36.0. The SMILES string of the molecule is OC1COCC1NC1(C(F)(F)F)CC1. The quantitative estimate of drug-likeness (QED) is 0.696. The number of nitrogens with one attached hydrogen (secondary N) is 1. The summed E-state index contributed by atoms with van der Waals surface area (Å²) < 4.78 is 42.4. The molecule has 0 aromatic carbocycles. The molecular formula is C8H12F3NO2. The number of alkyl halides is 3. The Hall–Kier alpha value is -0.330. The molecular weight excluding hydrogens is 199 g/mol. The summed E-state index contributed by atoms with van der Waals surface area (Å²) in [6.45, 7) is 0.268. The molecule has 2 rings (SSSR count).